The molecule has 2 rings (SSSR count). The lowest BCUT2D eigenvalue weighted by Crippen LogP contribution is -2.35. The molecule has 0 fully saturated rings. The summed E-state index contributed by atoms with van der Waals surface area (Å²) in [7, 11) is 0. The van der Waals surface area contributed by atoms with E-state index in [2.05, 4.69) is 20.8 Å². The van der Waals surface area contributed by atoms with E-state index in [4.69, 9.17) is 0 Å². The lowest BCUT2D eigenvalue weighted by molar-refractivity contribution is -0.380. The maximum Gasteiger partial charge on any atom is 0.324 e. The summed E-state index contributed by atoms with van der Waals surface area (Å²) >= 11 is 0.930. The van der Waals surface area contributed by atoms with Gasteiger partial charge in [-0.3, -0.25) is 24.7 Å². The van der Waals surface area contributed by atoms with E-state index in [1.807, 2.05) is 0 Å². The fourth-order valence-corrected chi connectivity index (χ4v) is 2.16. The standard InChI is InChI=1S/C13H11N5O4S/c19-11(8-15-13(20)10-3-1-2-6-14-10)17-16-7-9-4-5-12(23-9)18(21)22/h1-7H,8H2,(H,15,20)(H,17,19)/b16-7+. The molecule has 2 N–H and O–H groups in total. The number of hydrazone groups is 1. The van der Waals surface area contributed by atoms with Crippen LogP contribution in [0.3, 0.4) is 0 Å². The summed E-state index contributed by atoms with van der Waals surface area (Å²) in [6, 6.07) is 7.72. The number of rotatable bonds is 6. The maximum absolute atomic E-state index is 11.7. The Balaban J connectivity index is 1.77. The molecule has 0 unspecified atom stereocenters. The zero-order chi connectivity index (χ0) is 16.7. The van der Waals surface area contributed by atoms with Gasteiger partial charge in [-0.15, -0.1) is 0 Å². The van der Waals surface area contributed by atoms with E-state index in [0.717, 1.165) is 11.3 Å². The highest BCUT2D eigenvalue weighted by Crippen LogP contribution is 2.22. The van der Waals surface area contributed by atoms with E-state index >= 15 is 0 Å². The van der Waals surface area contributed by atoms with Gasteiger partial charge in [0.1, 0.15) is 5.69 Å². The third-order valence-corrected chi connectivity index (χ3v) is 3.45. The summed E-state index contributed by atoms with van der Waals surface area (Å²) in [6.07, 6.45) is 2.76. The van der Waals surface area contributed by atoms with Gasteiger partial charge in [0.15, 0.2) is 0 Å². The number of nitro groups is 1. The smallest absolute Gasteiger partial charge is 0.324 e. The van der Waals surface area contributed by atoms with Crippen molar-refractivity contribution in [3.63, 3.8) is 0 Å². The van der Waals surface area contributed by atoms with Gasteiger partial charge in [-0.05, 0) is 18.2 Å². The Kier molecular flexibility index (Phi) is 5.47. The molecule has 118 valence electrons. The van der Waals surface area contributed by atoms with Crippen molar-refractivity contribution < 1.29 is 14.5 Å². The van der Waals surface area contributed by atoms with Crippen molar-refractivity contribution in [3.8, 4) is 0 Å². The second kappa shape index (κ2) is 7.75. The van der Waals surface area contributed by atoms with E-state index in [0.29, 0.717) is 4.88 Å². The van der Waals surface area contributed by atoms with Crippen LogP contribution in [-0.2, 0) is 4.79 Å². The highest BCUT2D eigenvalue weighted by molar-refractivity contribution is 7.16. The molecule has 0 saturated carbocycles. The molecule has 0 bridgehead atoms. The van der Waals surface area contributed by atoms with Crippen LogP contribution in [0.4, 0.5) is 5.00 Å². The highest BCUT2D eigenvalue weighted by Gasteiger charge is 2.09. The SMILES string of the molecule is O=C(CNC(=O)c1ccccn1)N/N=C/c1ccc([N+](=O)[O-])s1. The number of carbonyl (C=O) groups excluding carboxylic acids is 2. The van der Waals surface area contributed by atoms with Crippen LogP contribution >= 0.6 is 11.3 Å². The van der Waals surface area contributed by atoms with Gasteiger partial charge < -0.3 is 5.32 Å². The number of thiophene rings is 1. The minimum Gasteiger partial charge on any atom is -0.342 e. The second-order valence-corrected chi connectivity index (χ2v) is 5.22. The van der Waals surface area contributed by atoms with Gasteiger partial charge in [-0.25, -0.2) is 5.43 Å². The van der Waals surface area contributed by atoms with Crippen molar-refractivity contribution in [1.82, 2.24) is 15.7 Å². The predicted octanol–water partition coefficient (Wildman–Crippen LogP) is 0.931. The van der Waals surface area contributed by atoms with Crippen LogP contribution in [0.5, 0.6) is 0 Å². The van der Waals surface area contributed by atoms with Crippen LogP contribution < -0.4 is 10.7 Å². The molecule has 23 heavy (non-hydrogen) atoms. The molecule has 2 amide bonds. The van der Waals surface area contributed by atoms with Crippen LogP contribution in [-0.4, -0.2) is 34.5 Å². The van der Waals surface area contributed by atoms with Gasteiger partial charge in [0.2, 0.25) is 0 Å². The summed E-state index contributed by atoms with van der Waals surface area (Å²) in [5.74, 6) is -1.00. The summed E-state index contributed by atoms with van der Waals surface area (Å²) < 4.78 is 0. The molecular formula is C13H11N5O4S. The minimum atomic E-state index is -0.531. The van der Waals surface area contributed by atoms with Gasteiger partial charge in [0.05, 0.1) is 22.6 Å². The van der Waals surface area contributed by atoms with Crippen molar-refractivity contribution >= 4 is 34.4 Å². The number of pyridine rings is 1. The normalized spacial score (nSPS) is 10.4. The van der Waals surface area contributed by atoms with Crippen molar-refractivity contribution in [2.75, 3.05) is 6.54 Å². The second-order valence-electron chi connectivity index (χ2n) is 4.12. The maximum atomic E-state index is 11.7. The quantitative estimate of drug-likeness (QED) is 0.462. The van der Waals surface area contributed by atoms with Crippen LogP contribution in [0.15, 0.2) is 41.6 Å². The minimum absolute atomic E-state index is 0.0135. The first-order valence-corrected chi connectivity index (χ1v) is 7.13. The molecule has 2 aromatic rings. The number of aromatic nitrogens is 1. The molecule has 9 nitrogen and oxygen atoms in total. The largest absolute Gasteiger partial charge is 0.342 e. The Hall–Kier alpha value is -3.14. The van der Waals surface area contributed by atoms with Crippen molar-refractivity contribution in [1.29, 1.82) is 0 Å². The summed E-state index contributed by atoms with van der Waals surface area (Å²) in [4.78, 5) is 37.6. The molecule has 0 aliphatic rings. The fourth-order valence-electron chi connectivity index (χ4n) is 1.47. The lowest BCUT2D eigenvalue weighted by atomic mass is 10.3. The number of amides is 2. The Bertz CT molecular complexity index is 744. The zero-order valence-corrected chi connectivity index (χ0v) is 12.4. The molecule has 2 heterocycles. The molecule has 0 aromatic carbocycles. The van der Waals surface area contributed by atoms with Crippen LogP contribution in [0.1, 0.15) is 15.4 Å². The average molecular weight is 333 g/mol. The topological polar surface area (TPSA) is 127 Å². The number of hydrogen-bond acceptors (Lipinski definition) is 7. The summed E-state index contributed by atoms with van der Waals surface area (Å²) in [6.45, 7) is -0.267. The van der Waals surface area contributed by atoms with Gasteiger partial charge >= 0.3 is 5.00 Å². The van der Waals surface area contributed by atoms with Crippen LogP contribution in [0.25, 0.3) is 0 Å². The number of nitrogens with zero attached hydrogens (tertiary/aromatic N) is 3. The van der Waals surface area contributed by atoms with E-state index in [1.165, 1.54) is 30.6 Å². The Labute approximate surface area is 134 Å². The zero-order valence-electron chi connectivity index (χ0n) is 11.6. The fraction of sp³-hybridized carbons (Fsp3) is 0.0769. The van der Waals surface area contributed by atoms with Crippen LogP contribution in [0.2, 0.25) is 0 Å². The van der Waals surface area contributed by atoms with E-state index < -0.39 is 16.7 Å². The van der Waals surface area contributed by atoms with Gasteiger partial charge in [-0.2, -0.15) is 5.10 Å². The monoisotopic (exact) mass is 333 g/mol. The van der Waals surface area contributed by atoms with Crippen molar-refractivity contribution in [2.24, 2.45) is 5.10 Å². The summed E-state index contributed by atoms with van der Waals surface area (Å²) in [5.41, 5.74) is 2.41. The van der Waals surface area contributed by atoms with Crippen molar-refractivity contribution in [3.05, 3.63) is 57.2 Å². The van der Waals surface area contributed by atoms with Gasteiger partial charge in [-0.1, -0.05) is 17.4 Å². The van der Waals surface area contributed by atoms with Gasteiger partial charge in [0, 0.05) is 12.3 Å². The molecule has 2 aromatic heterocycles. The molecule has 10 heteroatoms. The van der Waals surface area contributed by atoms with Gasteiger partial charge in [0.25, 0.3) is 11.8 Å². The van der Waals surface area contributed by atoms with Crippen LogP contribution in [0, 0.1) is 10.1 Å². The Morgan fingerprint density at radius 2 is 2.17 bits per heavy atom. The first kappa shape index (κ1) is 16.2. The lowest BCUT2D eigenvalue weighted by Gasteiger charge is -2.02. The third-order valence-electron chi connectivity index (χ3n) is 2.48. The van der Waals surface area contributed by atoms with E-state index in [9.17, 15) is 19.7 Å². The molecule has 0 spiro atoms. The average Bonchev–Trinajstić information content (AvgIpc) is 3.02. The molecule has 0 aliphatic carbocycles. The highest BCUT2D eigenvalue weighted by atomic mass is 32.1. The number of nitrogens with one attached hydrogen (secondary N) is 2. The van der Waals surface area contributed by atoms with E-state index in [1.54, 1.807) is 12.1 Å². The summed E-state index contributed by atoms with van der Waals surface area (Å²) in [5, 5.41) is 16.6. The molecular weight excluding hydrogens is 322 g/mol. The first-order valence-electron chi connectivity index (χ1n) is 6.31. The Morgan fingerprint density at radius 3 is 2.83 bits per heavy atom. The third kappa shape index (κ3) is 4.97. The number of carbonyl (C=O) groups is 2. The van der Waals surface area contributed by atoms with Crippen molar-refractivity contribution in [2.45, 2.75) is 0 Å². The Morgan fingerprint density at radius 1 is 1.35 bits per heavy atom. The number of hydrogen-bond donors (Lipinski definition) is 2. The molecule has 0 radical (unpaired) electrons. The molecule has 0 saturated heterocycles. The molecule has 0 aliphatic heterocycles. The molecule has 0 atom stereocenters. The first-order chi connectivity index (χ1) is 11.1. The predicted molar refractivity (Wildman–Crippen MR) is 83.3 cm³/mol. The van der Waals surface area contributed by atoms with E-state index in [-0.39, 0.29) is 17.2 Å².